The Morgan fingerprint density at radius 1 is 1.39 bits per heavy atom. The van der Waals surface area contributed by atoms with Gasteiger partial charge >= 0.3 is 0 Å². The molecule has 0 bridgehead atoms. The van der Waals surface area contributed by atoms with E-state index < -0.39 is 0 Å². The first-order valence-corrected chi connectivity index (χ1v) is 7.07. The van der Waals surface area contributed by atoms with Crippen LogP contribution in [-0.2, 0) is 11.2 Å². The van der Waals surface area contributed by atoms with E-state index in [1.54, 1.807) is 13.2 Å². The summed E-state index contributed by atoms with van der Waals surface area (Å²) in [5, 5.41) is 3.44. The van der Waals surface area contributed by atoms with Gasteiger partial charge in [-0.1, -0.05) is 22.9 Å². The van der Waals surface area contributed by atoms with Gasteiger partial charge in [0.25, 0.3) is 0 Å². The molecule has 0 aromatic heterocycles. The summed E-state index contributed by atoms with van der Waals surface area (Å²) in [6, 6.07) is 5.20. The van der Waals surface area contributed by atoms with Crippen molar-refractivity contribution in [2.24, 2.45) is 0 Å². The van der Waals surface area contributed by atoms with Crippen molar-refractivity contribution in [1.82, 2.24) is 5.32 Å². The van der Waals surface area contributed by atoms with Crippen LogP contribution in [0.5, 0.6) is 0 Å². The molecular formula is C14H21BrFNO. The first-order chi connectivity index (χ1) is 8.56. The molecule has 0 radical (unpaired) electrons. The summed E-state index contributed by atoms with van der Waals surface area (Å²) >= 11 is 3.32. The maximum atomic E-state index is 13.3. The number of rotatable bonds is 7. The Balaban J connectivity index is 2.74. The van der Waals surface area contributed by atoms with Gasteiger partial charge < -0.3 is 10.1 Å². The van der Waals surface area contributed by atoms with Crippen molar-refractivity contribution in [2.75, 3.05) is 13.7 Å². The molecule has 1 N–H and O–H groups in total. The molecule has 2 unspecified atom stereocenters. The molecule has 0 heterocycles. The van der Waals surface area contributed by atoms with E-state index in [1.807, 2.05) is 13.0 Å². The average molecular weight is 318 g/mol. The Bertz CT molecular complexity index is 353. The molecule has 0 amide bonds. The molecule has 1 aromatic rings. The Labute approximate surface area is 117 Å². The molecule has 0 fully saturated rings. The fourth-order valence-electron chi connectivity index (χ4n) is 1.88. The summed E-state index contributed by atoms with van der Waals surface area (Å²) in [5.74, 6) is -0.210. The van der Waals surface area contributed by atoms with Crippen LogP contribution in [-0.4, -0.2) is 25.8 Å². The third-order valence-electron chi connectivity index (χ3n) is 2.97. The second kappa shape index (κ2) is 7.87. The van der Waals surface area contributed by atoms with Crippen LogP contribution in [0.15, 0.2) is 22.7 Å². The standard InChI is InChI=1S/C14H21BrFNO/c1-4-5-17-14(10(2)18-3)8-11-6-12(15)9-13(16)7-11/h6-7,9-10,14,17H,4-5,8H2,1-3H3. The SMILES string of the molecule is CCCNC(Cc1cc(F)cc(Br)c1)C(C)OC. The minimum Gasteiger partial charge on any atom is -0.380 e. The third kappa shape index (κ3) is 5.04. The molecule has 2 nitrogen and oxygen atoms in total. The van der Waals surface area contributed by atoms with E-state index in [2.05, 4.69) is 28.2 Å². The third-order valence-corrected chi connectivity index (χ3v) is 3.43. The first-order valence-electron chi connectivity index (χ1n) is 6.28. The number of nitrogens with one attached hydrogen (secondary N) is 1. The van der Waals surface area contributed by atoms with Crippen LogP contribution in [0.1, 0.15) is 25.8 Å². The van der Waals surface area contributed by atoms with Gasteiger partial charge in [0.05, 0.1) is 6.10 Å². The number of halogens is 2. The second-order valence-corrected chi connectivity index (χ2v) is 5.40. The van der Waals surface area contributed by atoms with E-state index in [4.69, 9.17) is 4.74 Å². The van der Waals surface area contributed by atoms with Crippen LogP contribution in [0.4, 0.5) is 4.39 Å². The molecular weight excluding hydrogens is 297 g/mol. The molecule has 1 aromatic carbocycles. The zero-order valence-corrected chi connectivity index (χ0v) is 12.8. The quantitative estimate of drug-likeness (QED) is 0.830. The fraction of sp³-hybridized carbons (Fsp3) is 0.571. The molecule has 102 valence electrons. The molecule has 4 heteroatoms. The summed E-state index contributed by atoms with van der Waals surface area (Å²) in [6.45, 7) is 5.09. The summed E-state index contributed by atoms with van der Waals surface area (Å²) in [4.78, 5) is 0. The number of benzene rings is 1. The van der Waals surface area contributed by atoms with Crippen LogP contribution in [0.2, 0.25) is 0 Å². The van der Waals surface area contributed by atoms with Crippen LogP contribution < -0.4 is 5.32 Å². The topological polar surface area (TPSA) is 21.3 Å². The normalized spacial score (nSPS) is 14.5. The maximum absolute atomic E-state index is 13.3. The zero-order chi connectivity index (χ0) is 13.5. The van der Waals surface area contributed by atoms with Crippen molar-refractivity contribution in [3.8, 4) is 0 Å². The molecule has 0 spiro atoms. The highest BCUT2D eigenvalue weighted by Gasteiger charge is 2.17. The lowest BCUT2D eigenvalue weighted by Gasteiger charge is -2.24. The monoisotopic (exact) mass is 317 g/mol. The minimum absolute atomic E-state index is 0.0959. The van der Waals surface area contributed by atoms with E-state index in [0.29, 0.717) is 0 Å². The van der Waals surface area contributed by atoms with Crippen molar-refractivity contribution in [3.05, 3.63) is 34.1 Å². The number of methoxy groups -OCH3 is 1. The van der Waals surface area contributed by atoms with Crippen LogP contribution in [0, 0.1) is 5.82 Å². The summed E-state index contributed by atoms with van der Waals surface area (Å²) < 4.78 is 19.5. The van der Waals surface area contributed by atoms with E-state index >= 15 is 0 Å². The minimum atomic E-state index is -0.210. The molecule has 1 rings (SSSR count). The Hall–Kier alpha value is -0.450. The Morgan fingerprint density at radius 3 is 2.67 bits per heavy atom. The molecule has 0 aliphatic carbocycles. The summed E-state index contributed by atoms with van der Waals surface area (Å²) in [7, 11) is 1.70. The molecule has 0 aliphatic heterocycles. The van der Waals surface area contributed by atoms with Gasteiger partial charge in [-0.15, -0.1) is 0 Å². The van der Waals surface area contributed by atoms with E-state index in [-0.39, 0.29) is 18.0 Å². The predicted octanol–water partition coefficient (Wildman–Crippen LogP) is 3.53. The lowest BCUT2D eigenvalue weighted by Crippen LogP contribution is -2.41. The summed E-state index contributed by atoms with van der Waals surface area (Å²) in [6.07, 6.45) is 1.92. The number of hydrogen-bond acceptors (Lipinski definition) is 2. The largest absolute Gasteiger partial charge is 0.380 e. The van der Waals surface area contributed by atoms with Crippen molar-refractivity contribution in [3.63, 3.8) is 0 Å². The van der Waals surface area contributed by atoms with E-state index in [1.165, 1.54) is 6.07 Å². The van der Waals surface area contributed by atoms with Crippen molar-refractivity contribution in [1.29, 1.82) is 0 Å². The van der Waals surface area contributed by atoms with Crippen LogP contribution >= 0.6 is 15.9 Å². The first kappa shape index (κ1) is 15.6. The van der Waals surface area contributed by atoms with Gasteiger partial charge in [-0.2, -0.15) is 0 Å². The van der Waals surface area contributed by atoms with Crippen molar-refractivity contribution in [2.45, 2.75) is 38.8 Å². The van der Waals surface area contributed by atoms with Crippen molar-refractivity contribution >= 4 is 15.9 Å². The van der Waals surface area contributed by atoms with Gasteiger partial charge in [-0.05, 0) is 50.1 Å². The lowest BCUT2D eigenvalue weighted by atomic mass is 10.0. The number of hydrogen-bond donors (Lipinski definition) is 1. The molecule has 0 aliphatic rings. The van der Waals surface area contributed by atoms with Gasteiger partial charge in [0, 0.05) is 17.6 Å². The highest BCUT2D eigenvalue weighted by atomic mass is 79.9. The lowest BCUT2D eigenvalue weighted by molar-refractivity contribution is 0.0830. The van der Waals surface area contributed by atoms with Gasteiger partial charge in [0.1, 0.15) is 5.82 Å². The average Bonchev–Trinajstić information content (AvgIpc) is 2.32. The number of ether oxygens (including phenoxy) is 1. The van der Waals surface area contributed by atoms with E-state index in [0.717, 1.165) is 29.4 Å². The van der Waals surface area contributed by atoms with Gasteiger partial charge in [0.2, 0.25) is 0 Å². The smallest absolute Gasteiger partial charge is 0.124 e. The predicted molar refractivity (Wildman–Crippen MR) is 76.4 cm³/mol. The highest BCUT2D eigenvalue weighted by molar-refractivity contribution is 9.10. The van der Waals surface area contributed by atoms with Crippen molar-refractivity contribution < 1.29 is 9.13 Å². The van der Waals surface area contributed by atoms with Gasteiger partial charge in [0.15, 0.2) is 0 Å². The zero-order valence-electron chi connectivity index (χ0n) is 11.2. The highest BCUT2D eigenvalue weighted by Crippen LogP contribution is 2.17. The van der Waals surface area contributed by atoms with Crippen LogP contribution in [0.3, 0.4) is 0 Å². The Morgan fingerprint density at radius 2 is 2.11 bits per heavy atom. The van der Waals surface area contributed by atoms with Crippen LogP contribution in [0.25, 0.3) is 0 Å². The van der Waals surface area contributed by atoms with Gasteiger partial charge in [-0.25, -0.2) is 4.39 Å². The molecule has 2 atom stereocenters. The second-order valence-electron chi connectivity index (χ2n) is 4.48. The van der Waals surface area contributed by atoms with E-state index in [9.17, 15) is 4.39 Å². The summed E-state index contributed by atoms with van der Waals surface area (Å²) in [5.41, 5.74) is 0.972. The molecule has 0 saturated carbocycles. The molecule has 18 heavy (non-hydrogen) atoms. The fourth-order valence-corrected chi connectivity index (χ4v) is 2.39. The molecule has 0 saturated heterocycles. The Kier molecular flexibility index (Phi) is 6.82. The van der Waals surface area contributed by atoms with Gasteiger partial charge in [-0.3, -0.25) is 0 Å². The maximum Gasteiger partial charge on any atom is 0.124 e.